The lowest BCUT2D eigenvalue weighted by atomic mass is 10.0. The molecule has 96 valence electrons. The molecule has 2 aromatic rings. The van der Waals surface area contributed by atoms with Crippen LogP contribution in [-0.4, -0.2) is 21.3 Å². The Labute approximate surface area is 116 Å². The molecular weight excluding hydrogens is 320 g/mol. The van der Waals surface area contributed by atoms with Crippen molar-refractivity contribution in [1.82, 2.24) is 10.2 Å². The zero-order valence-corrected chi connectivity index (χ0v) is 12.0. The van der Waals surface area contributed by atoms with Crippen molar-refractivity contribution >= 4 is 33.2 Å². The van der Waals surface area contributed by atoms with Gasteiger partial charge >= 0.3 is 5.97 Å². The number of hydrogen-bond acceptors (Lipinski definition) is 5. The maximum absolute atomic E-state index is 10.6. The van der Waals surface area contributed by atoms with E-state index in [4.69, 9.17) is 9.52 Å². The monoisotopic (exact) mass is 330 g/mol. The number of carboxylic acids is 1. The van der Waals surface area contributed by atoms with Crippen molar-refractivity contribution < 1.29 is 14.3 Å². The summed E-state index contributed by atoms with van der Waals surface area (Å²) < 4.78 is 6.50. The minimum absolute atomic E-state index is 0.0231. The van der Waals surface area contributed by atoms with Crippen LogP contribution in [-0.2, 0) is 11.2 Å². The number of carbonyl (C=O) groups is 1. The molecule has 2 aromatic heterocycles. The quantitative estimate of drug-likeness (QED) is 0.910. The lowest BCUT2D eigenvalue weighted by Crippen LogP contribution is -2.07. The molecule has 0 aromatic carbocycles. The molecule has 0 saturated heterocycles. The number of aliphatic carboxylic acids is 1. The molecule has 0 spiro atoms. The summed E-state index contributed by atoms with van der Waals surface area (Å²) in [5.41, 5.74) is 0.872. The fraction of sp³-hybridized carbons (Fsp3) is 0.364. The summed E-state index contributed by atoms with van der Waals surface area (Å²) in [4.78, 5) is 10.6. The standard InChI is InChI=1S/C11H11BrN2O3S/c1-6(3-10(15)16)2-9-13-14-11(17-9)7-4-8(12)18-5-7/h4-6H,2-3H2,1H3,(H,15,16). The number of hydrogen-bond donors (Lipinski definition) is 1. The third-order valence-corrected chi connectivity index (χ3v) is 3.83. The largest absolute Gasteiger partial charge is 0.481 e. The molecule has 0 saturated carbocycles. The van der Waals surface area contributed by atoms with Gasteiger partial charge in [-0.1, -0.05) is 6.92 Å². The summed E-state index contributed by atoms with van der Waals surface area (Å²) in [6, 6.07) is 1.91. The number of nitrogens with zero attached hydrogens (tertiary/aromatic N) is 2. The molecule has 18 heavy (non-hydrogen) atoms. The van der Waals surface area contributed by atoms with Gasteiger partial charge in [-0.3, -0.25) is 4.79 Å². The van der Waals surface area contributed by atoms with Crippen LogP contribution < -0.4 is 0 Å². The molecule has 5 nitrogen and oxygen atoms in total. The minimum atomic E-state index is -0.816. The number of thiophene rings is 1. The summed E-state index contributed by atoms with van der Waals surface area (Å²) in [6.45, 7) is 1.85. The van der Waals surface area contributed by atoms with E-state index in [0.717, 1.165) is 9.35 Å². The van der Waals surface area contributed by atoms with Crippen LogP contribution in [0.25, 0.3) is 11.5 Å². The first-order valence-electron chi connectivity index (χ1n) is 5.33. The van der Waals surface area contributed by atoms with Crippen molar-refractivity contribution in [2.24, 2.45) is 5.92 Å². The molecule has 0 aliphatic rings. The Kier molecular flexibility index (Phi) is 4.13. The second-order valence-electron chi connectivity index (χ2n) is 4.05. The van der Waals surface area contributed by atoms with Gasteiger partial charge in [0.2, 0.25) is 11.8 Å². The molecule has 0 amide bonds. The Balaban J connectivity index is 2.04. The van der Waals surface area contributed by atoms with E-state index in [9.17, 15) is 4.79 Å². The van der Waals surface area contributed by atoms with E-state index in [-0.39, 0.29) is 12.3 Å². The predicted molar refractivity (Wildman–Crippen MR) is 70.4 cm³/mol. The molecule has 0 aliphatic carbocycles. The molecule has 0 radical (unpaired) electrons. The number of aromatic nitrogens is 2. The highest BCUT2D eigenvalue weighted by Gasteiger charge is 2.14. The van der Waals surface area contributed by atoms with Crippen LogP contribution in [0, 0.1) is 5.92 Å². The van der Waals surface area contributed by atoms with Crippen molar-refractivity contribution in [3.8, 4) is 11.5 Å². The van der Waals surface area contributed by atoms with Crippen molar-refractivity contribution in [3.05, 3.63) is 21.1 Å². The first-order chi connectivity index (χ1) is 8.54. The van der Waals surface area contributed by atoms with Gasteiger partial charge in [-0.05, 0) is 27.9 Å². The van der Waals surface area contributed by atoms with Gasteiger partial charge in [-0.15, -0.1) is 21.5 Å². The van der Waals surface area contributed by atoms with Gasteiger partial charge in [-0.25, -0.2) is 0 Å². The van der Waals surface area contributed by atoms with Crippen LogP contribution in [0.4, 0.5) is 0 Å². The Morgan fingerprint density at radius 2 is 2.39 bits per heavy atom. The second kappa shape index (κ2) is 5.62. The molecule has 0 aliphatic heterocycles. The summed E-state index contributed by atoms with van der Waals surface area (Å²) >= 11 is 4.91. The summed E-state index contributed by atoms with van der Waals surface area (Å²) in [5, 5.41) is 18.5. The van der Waals surface area contributed by atoms with Gasteiger partial charge in [-0.2, -0.15) is 0 Å². The normalized spacial score (nSPS) is 12.6. The first-order valence-corrected chi connectivity index (χ1v) is 7.00. The van der Waals surface area contributed by atoms with Gasteiger partial charge in [0.1, 0.15) is 0 Å². The number of carboxylic acid groups (broad SMARTS) is 1. The van der Waals surface area contributed by atoms with Gasteiger partial charge < -0.3 is 9.52 Å². The maximum atomic E-state index is 10.6. The molecule has 2 heterocycles. The lowest BCUT2D eigenvalue weighted by Gasteiger charge is -2.03. The van der Waals surface area contributed by atoms with E-state index in [0.29, 0.717) is 18.2 Å². The molecule has 1 atom stereocenters. The smallest absolute Gasteiger partial charge is 0.303 e. The van der Waals surface area contributed by atoms with E-state index in [1.807, 2.05) is 18.4 Å². The fourth-order valence-electron chi connectivity index (χ4n) is 1.54. The highest BCUT2D eigenvalue weighted by molar-refractivity contribution is 9.11. The molecule has 0 fully saturated rings. The Hall–Kier alpha value is -1.21. The fourth-order valence-corrected chi connectivity index (χ4v) is 2.67. The molecule has 0 bridgehead atoms. The second-order valence-corrected chi connectivity index (χ2v) is 6.34. The van der Waals surface area contributed by atoms with Crippen LogP contribution in [0.5, 0.6) is 0 Å². The van der Waals surface area contributed by atoms with Crippen LogP contribution in [0.1, 0.15) is 19.2 Å². The van der Waals surface area contributed by atoms with Crippen LogP contribution in [0.15, 0.2) is 19.6 Å². The lowest BCUT2D eigenvalue weighted by molar-refractivity contribution is -0.137. The molecular formula is C11H11BrN2O3S. The maximum Gasteiger partial charge on any atom is 0.303 e. The van der Waals surface area contributed by atoms with Gasteiger partial charge in [0.25, 0.3) is 0 Å². The average Bonchev–Trinajstić information content (AvgIpc) is 2.85. The zero-order valence-electron chi connectivity index (χ0n) is 9.59. The zero-order chi connectivity index (χ0) is 13.1. The third kappa shape index (κ3) is 3.39. The van der Waals surface area contributed by atoms with Crippen molar-refractivity contribution in [3.63, 3.8) is 0 Å². The minimum Gasteiger partial charge on any atom is -0.481 e. The van der Waals surface area contributed by atoms with Crippen molar-refractivity contribution in [1.29, 1.82) is 0 Å². The van der Waals surface area contributed by atoms with E-state index in [2.05, 4.69) is 26.1 Å². The Morgan fingerprint density at radius 3 is 3.00 bits per heavy atom. The molecule has 2 rings (SSSR count). The van der Waals surface area contributed by atoms with Gasteiger partial charge in [0.05, 0.1) is 9.35 Å². The molecule has 7 heteroatoms. The van der Waals surface area contributed by atoms with E-state index >= 15 is 0 Å². The van der Waals surface area contributed by atoms with Crippen LogP contribution in [0.2, 0.25) is 0 Å². The van der Waals surface area contributed by atoms with Gasteiger partial charge in [0, 0.05) is 18.2 Å². The van der Waals surface area contributed by atoms with E-state index < -0.39 is 5.97 Å². The Bertz CT molecular complexity index is 552. The molecule has 1 unspecified atom stereocenters. The number of rotatable bonds is 5. The topological polar surface area (TPSA) is 76.2 Å². The van der Waals surface area contributed by atoms with Crippen molar-refractivity contribution in [2.45, 2.75) is 19.8 Å². The van der Waals surface area contributed by atoms with Gasteiger partial charge in [0.15, 0.2) is 0 Å². The summed E-state index contributed by atoms with van der Waals surface area (Å²) in [5.74, 6) is 0.101. The number of halogens is 1. The SMILES string of the molecule is CC(CC(=O)O)Cc1nnc(-c2csc(Br)c2)o1. The van der Waals surface area contributed by atoms with Crippen molar-refractivity contribution in [2.75, 3.05) is 0 Å². The molecule has 1 N–H and O–H groups in total. The summed E-state index contributed by atoms with van der Waals surface area (Å²) in [6.07, 6.45) is 0.576. The average molecular weight is 331 g/mol. The van der Waals surface area contributed by atoms with Crippen LogP contribution in [0.3, 0.4) is 0 Å². The highest BCUT2D eigenvalue weighted by Crippen LogP contribution is 2.28. The van der Waals surface area contributed by atoms with E-state index in [1.165, 1.54) is 0 Å². The first kappa shape index (κ1) is 13.2. The summed E-state index contributed by atoms with van der Waals surface area (Å²) in [7, 11) is 0. The predicted octanol–water partition coefficient (Wildman–Crippen LogP) is 3.21. The Morgan fingerprint density at radius 1 is 1.61 bits per heavy atom. The van der Waals surface area contributed by atoms with Crippen LogP contribution >= 0.6 is 27.3 Å². The highest BCUT2D eigenvalue weighted by atomic mass is 79.9. The van der Waals surface area contributed by atoms with E-state index in [1.54, 1.807) is 11.3 Å². The third-order valence-electron chi connectivity index (χ3n) is 2.33.